The van der Waals surface area contributed by atoms with E-state index < -0.39 is 0 Å². The van der Waals surface area contributed by atoms with Crippen LogP contribution in [0.15, 0.2) is 63.4 Å². The van der Waals surface area contributed by atoms with Crippen molar-refractivity contribution in [2.75, 3.05) is 13.2 Å². The summed E-state index contributed by atoms with van der Waals surface area (Å²) in [7, 11) is 0. The van der Waals surface area contributed by atoms with Gasteiger partial charge in [0.25, 0.3) is 0 Å². The first kappa shape index (κ1) is 26.7. The Hall–Kier alpha value is -2.86. The Bertz CT molecular complexity index is 1260. The molecule has 0 bridgehead atoms. The Labute approximate surface area is 234 Å². The molecule has 1 aliphatic heterocycles. The molecular weight excluding hydrogens is 542 g/mol. The summed E-state index contributed by atoms with van der Waals surface area (Å²) >= 11 is 3.75. The monoisotopic (exact) mass is 577 g/mol. The normalized spacial score (nSPS) is 18.1. The summed E-state index contributed by atoms with van der Waals surface area (Å²) in [6.45, 7) is 7.90. The molecule has 2 aliphatic carbocycles. The molecule has 200 valence electrons. The average molecular weight is 579 g/mol. The van der Waals surface area contributed by atoms with Gasteiger partial charge in [-0.1, -0.05) is 36.8 Å². The largest absolute Gasteiger partial charge is 0.490 e. The van der Waals surface area contributed by atoms with E-state index in [1.165, 1.54) is 5.56 Å². The van der Waals surface area contributed by atoms with Crippen LogP contribution >= 0.6 is 15.9 Å². The SMILES string of the molecule is CCCN1C2=C(C(=O)CCC2)C(c2cc(Br)c(OCc3ccc(C)cc3)c(OCC)c2)C2=C1CCCC2=O. The lowest BCUT2D eigenvalue weighted by Crippen LogP contribution is -2.39. The molecule has 0 fully saturated rings. The van der Waals surface area contributed by atoms with Crippen LogP contribution in [-0.2, 0) is 16.2 Å². The van der Waals surface area contributed by atoms with E-state index in [1.807, 2.05) is 19.1 Å². The third-order valence-electron chi connectivity index (χ3n) is 7.70. The third-order valence-corrected chi connectivity index (χ3v) is 8.29. The minimum Gasteiger partial charge on any atom is -0.490 e. The summed E-state index contributed by atoms with van der Waals surface area (Å²) in [6.07, 6.45) is 5.50. The molecule has 0 atom stereocenters. The summed E-state index contributed by atoms with van der Waals surface area (Å²) in [6, 6.07) is 12.3. The van der Waals surface area contributed by atoms with Crippen molar-refractivity contribution in [3.05, 3.63) is 80.1 Å². The van der Waals surface area contributed by atoms with Gasteiger partial charge in [0.15, 0.2) is 23.1 Å². The maximum absolute atomic E-state index is 13.5. The second-order valence-electron chi connectivity index (χ2n) is 10.4. The van der Waals surface area contributed by atoms with Gasteiger partial charge in [-0.2, -0.15) is 0 Å². The van der Waals surface area contributed by atoms with Crippen LogP contribution in [0.25, 0.3) is 0 Å². The van der Waals surface area contributed by atoms with E-state index in [4.69, 9.17) is 9.47 Å². The zero-order valence-corrected chi connectivity index (χ0v) is 24.2. The lowest BCUT2D eigenvalue weighted by atomic mass is 9.71. The van der Waals surface area contributed by atoms with Crippen LogP contribution in [0.3, 0.4) is 0 Å². The van der Waals surface area contributed by atoms with Gasteiger partial charge in [-0.15, -0.1) is 0 Å². The number of carbonyl (C=O) groups is 2. The number of aryl methyl sites for hydroxylation is 1. The first-order valence-electron chi connectivity index (χ1n) is 13.9. The van der Waals surface area contributed by atoms with E-state index in [9.17, 15) is 9.59 Å². The molecule has 1 heterocycles. The predicted octanol–water partition coefficient (Wildman–Crippen LogP) is 7.56. The molecule has 2 aromatic rings. The van der Waals surface area contributed by atoms with E-state index in [0.717, 1.165) is 76.8 Å². The van der Waals surface area contributed by atoms with Gasteiger partial charge in [0.2, 0.25) is 0 Å². The average Bonchev–Trinajstić information content (AvgIpc) is 2.90. The van der Waals surface area contributed by atoms with Crippen molar-refractivity contribution in [3.63, 3.8) is 0 Å². The van der Waals surface area contributed by atoms with E-state index >= 15 is 0 Å². The maximum Gasteiger partial charge on any atom is 0.175 e. The van der Waals surface area contributed by atoms with Crippen molar-refractivity contribution >= 4 is 27.5 Å². The highest BCUT2D eigenvalue weighted by atomic mass is 79.9. The Morgan fingerprint density at radius 3 is 2.11 bits per heavy atom. The highest BCUT2D eigenvalue weighted by Crippen LogP contribution is 2.51. The fourth-order valence-corrected chi connectivity index (χ4v) is 6.61. The second-order valence-corrected chi connectivity index (χ2v) is 11.3. The summed E-state index contributed by atoms with van der Waals surface area (Å²) in [5.41, 5.74) is 7.04. The fraction of sp³-hybridized carbons (Fsp3) is 0.438. The molecule has 0 radical (unpaired) electrons. The predicted molar refractivity (Wildman–Crippen MR) is 152 cm³/mol. The lowest BCUT2D eigenvalue weighted by molar-refractivity contribution is -0.117. The van der Waals surface area contributed by atoms with Gasteiger partial charge in [0.05, 0.1) is 11.1 Å². The number of ketones is 2. The summed E-state index contributed by atoms with van der Waals surface area (Å²) in [5.74, 6) is 1.21. The van der Waals surface area contributed by atoms with Crippen LogP contribution in [0.2, 0.25) is 0 Å². The fourth-order valence-electron chi connectivity index (χ4n) is 6.04. The number of ether oxygens (including phenoxy) is 2. The zero-order chi connectivity index (χ0) is 26.8. The van der Waals surface area contributed by atoms with E-state index in [1.54, 1.807) is 0 Å². The van der Waals surface area contributed by atoms with E-state index in [-0.39, 0.29) is 17.5 Å². The molecule has 38 heavy (non-hydrogen) atoms. The summed E-state index contributed by atoms with van der Waals surface area (Å²) in [4.78, 5) is 29.3. The molecule has 6 heteroatoms. The molecule has 0 saturated heterocycles. The van der Waals surface area contributed by atoms with Crippen LogP contribution < -0.4 is 9.47 Å². The zero-order valence-electron chi connectivity index (χ0n) is 22.6. The summed E-state index contributed by atoms with van der Waals surface area (Å²) in [5, 5.41) is 0. The van der Waals surface area contributed by atoms with Crippen LogP contribution in [0.4, 0.5) is 0 Å². The molecule has 0 saturated carbocycles. The van der Waals surface area contributed by atoms with Gasteiger partial charge < -0.3 is 14.4 Å². The van der Waals surface area contributed by atoms with Crippen molar-refractivity contribution < 1.29 is 19.1 Å². The van der Waals surface area contributed by atoms with Gasteiger partial charge in [-0.3, -0.25) is 9.59 Å². The van der Waals surface area contributed by atoms with Crippen LogP contribution in [0.5, 0.6) is 11.5 Å². The van der Waals surface area contributed by atoms with Gasteiger partial charge in [0.1, 0.15) is 6.61 Å². The quantitative estimate of drug-likeness (QED) is 0.324. The number of benzene rings is 2. The minimum atomic E-state index is -0.365. The highest BCUT2D eigenvalue weighted by molar-refractivity contribution is 9.10. The Morgan fingerprint density at radius 1 is 0.895 bits per heavy atom. The molecule has 0 N–H and O–H groups in total. The Kier molecular flexibility index (Phi) is 8.08. The van der Waals surface area contributed by atoms with Crippen molar-refractivity contribution in [3.8, 4) is 11.5 Å². The number of nitrogens with zero attached hydrogens (tertiary/aromatic N) is 1. The summed E-state index contributed by atoms with van der Waals surface area (Å²) < 4.78 is 13.1. The van der Waals surface area contributed by atoms with Gasteiger partial charge in [-0.05, 0) is 85.1 Å². The number of hydrogen-bond donors (Lipinski definition) is 0. The van der Waals surface area contributed by atoms with Crippen molar-refractivity contribution in [2.45, 2.75) is 78.2 Å². The number of carbonyl (C=O) groups excluding carboxylic acids is 2. The molecule has 3 aliphatic rings. The number of allylic oxidation sites excluding steroid dienone is 4. The second kappa shape index (κ2) is 11.5. The molecular formula is C32H36BrNO4. The first-order valence-corrected chi connectivity index (χ1v) is 14.7. The number of Topliss-reactive ketones (excluding diaryl/α,β-unsaturated/α-hetero) is 2. The molecule has 0 aromatic heterocycles. The molecule has 0 amide bonds. The lowest BCUT2D eigenvalue weighted by Gasteiger charge is -2.44. The third kappa shape index (κ3) is 5.07. The number of hydrogen-bond acceptors (Lipinski definition) is 5. The van der Waals surface area contributed by atoms with Crippen molar-refractivity contribution in [1.82, 2.24) is 4.90 Å². The number of rotatable bonds is 8. The molecule has 2 aromatic carbocycles. The Balaban J connectivity index is 1.60. The van der Waals surface area contributed by atoms with Crippen molar-refractivity contribution in [2.24, 2.45) is 0 Å². The molecule has 5 nitrogen and oxygen atoms in total. The van der Waals surface area contributed by atoms with E-state index in [0.29, 0.717) is 37.6 Å². The number of halogens is 1. The van der Waals surface area contributed by atoms with Gasteiger partial charge in [-0.25, -0.2) is 0 Å². The van der Waals surface area contributed by atoms with Crippen molar-refractivity contribution in [1.29, 1.82) is 0 Å². The molecule has 0 unspecified atom stereocenters. The first-order chi connectivity index (χ1) is 18.4. The molecule has 0 spiro atoms. The van der Waals surface area contributed by atoms with Crippen LogP contribution in [-0.4, -0.2) is 29.6 Å². The van der Waals surface area contributed by atoms with E-state index in [2.05, 4.69) is 58.9 Å². The van der Waals surface area contributed by atoms with Gasteiger partial charge in [0, 0.05) is 47.8 Å². The van der Waals surface area contributed by atoms with Crippen LogP contribution in [0.1, 0.15) is 81.4 Å². The molecule has 5 rings (SSSR count). The highest BCUT2D eigenvalue weighted by Gasteiger charge is 2.43. The standard InChI is InChI=1S/C32H36BrNO4/c1-4-16-34-24-8-6-10-26(35)30(24)29(31-25(34)9-7-11-27(31)36)22-17-23(33)32(28(18-22)37-5-2)38-19-21-14-12-20(3)13-15-21/h12-15,17-18,29H,4-11,16,19H2,1-3H3. The van der Waals surface area contributed by atoms with Crippen LogP contribution in [0, 0.1) is 6.92 Å². The Morgan fingerprint density at radius 2 is 1.53 bits per heavy atom. The van der Waals surface area contributed by atoms with Gasteiger partial charge >= 0.3 is 0 Å². The maximum atomic E-state index is 13.5. The topological polar surface area (TPSA) is 55.8 Å². The minimum absolute atomic E-state index is 0.163. The smallest absolute Gasteiger partial charge is 0.175 e.